The lowest BCUT2D eigenvalue weighted by Gasteiger charge is -2.03. The van der Waals surface area contributed by atoms with Crippen LogP contribution in [0.25, 0.3) is 22.4 Å². The second-order valence-corrected chi connectivity index (χ2v) is 3.75. The van der Waals surface area contributed by atoms with E-state index in [4.69, 9.17) is 0 Å². The molecule has 0 unspecified atom stereocenters. The molecule has 3 aromatic rings. The Morgan fingerprint density at radius 3 is 2.56 bits per heavy atom. The summed E-state index contributed by atoms with van der Waals surface area (Å²) in [6.07, 6.45) is 3.82. The molecule has 0 spiro atoms. The zero-order valence-electron chi connectivity index (χ0n) is 8.96. The highest BCUT2D eigenvalue weighted by Gasteiger charge is 2.04. The van der Waals surface area contributed by atoms with Crippen LogP contribution in [0, 0.1) is 0 Å². The molecule has 78 valence electrons. The summed E-state index contributed by atoms with van der Waals surface area (Å²) in [6, 6.07) is 11.9. The monoisotopic (exact) mass is 209 g/mol. The maximum Gasteiger partial charge on any atom is 0.106 e. The third-order valence-electron chi connectivity index (χ3n) is 2.65. The topological polar surface area (TPSA) is 30.7 Å². The maximum absolute atomic E-state index is 4.60. The number of para-hydroxylation sites is 2. The number of fused-ring (bicyclic) bond motifs is 1. The van der Waals surface area contributed by atoms with Gasteiger partial charge in [-0.25, -0.2) is 4.98 Å². The molecular formula is C13H11N3. The van der Waals surface area contributed by atoms with Gasteiger partial charge in [-0.05, 0) is 24.3 Å². The predicted octanol–water partition coefficient (Wildman–Crippen LogP) is 2.64. The third kappa shape index (κ3) is 1.37. The number of rotatable bonds is 1. The second-order valence-electron chi connectivity index (χ2n) is 3.75. The van der Waals surface area contributed by atoms with Crippen molar-refractivity contribution < 1.29 is 0 Å². The van der Waals surface area contributed by atoms with Crippen molar-refractivity contribution in [2.45, 2.75) is 0 Å². The molecule has 0 saturated heterocycles. The predicted molar refractivity (Wildman–Crippen MR) is 63.9 cm³/mol. The third-order valence-corrected chi connectivity index (χ3v) is 2.65. The van der Waals surface area contributed by atoms with Crippen molar-refractivity contribution in [1.82, 2.24) is 14.5 Å². The smallest absolute Gasteiger partial charge is 0.106 e. The summed E-state index contributed by atoms with van der Waals surface area (Å²) in [4.78, 5) is 9.00. The molecule has 0 saturated carbocycles. The fourth-order valence-corrected chi connectivity index (χ4v) is 1.81. The van der Waals surface area contributed by atoms with Gasteiger partial charge in [-0.15, -0.1) is 0 Å². The van der Waals surface area contributed by atoms with Gasteiger partial charge in [0.25, 0.3) is 0 Å². The Hall–Kier alpha value is -2.16. The first-order chi connectivity index (χ1) is 7.84. The largest absolute Gasteiger partial charge is 0.349 e. The molecule has 3 rings (SSSR count). The molecule has 0 bridgehead atoms. The average Bonchev–Trinajstić information content (AvgIpc) is 2.75. The van der Waals surface area contributed by atoms with Crippen molar-refractivity contribution in [3.05, 3.63) is 48.8 Å². The minimum absolute atomic E-state index is 0.909. The molecule has 1 aromatic carbocycles. The van der Waals surface area contributed by atoms with Gasteiger partial charge < -0.3 is 4.57 Å². The van der Waals surface area contributed by atoms with Crippen molar-refractivity contribution in [3.8, 4) is 11.4 Å². The molecule has 3 heteroatoms. The van der Waals surface area contributed by atoms with E-state index in [0.717, 1.165) is 22.4 Å². The number of aryl methyl sites for hydroxylation is 1. The Morgan fingerprint density at radius 1 is 1.00 bits per heavy atom. The number of hydrogen-bond acceptors (Lipinski definition) is 2. The summed E-state index contributed by atoms with van der Waals surface area (Å²) < 4.78 is 2.04. The number of benzene rings is 1. The van der Waals surface area contributed by atoms with Gasteiger partial charge in [0.2, 0.25) is 0 Å². The Kier molecular flexibility index (Phi) is 1.96. The molecule has 0 amide bonds. The normalized spacial score (nSPS) is 10.8. The highest BCUT2D eigenvalue weighted by Crippen LogP contribution is 2.18. The van der Waals surface area contributed by atoms with Crippen LogP contribution < -0.4 is 0 Å². The SMILES string of the molecule is Cn1cccc1-c1cnc2ccccc2n1. The van der Waals surface area contributed by atoms with Crippen molar-refractivity contribution in [2.24, 2.45) is 7.05 Å². The zero-order chi connectivity index (χ0) is 11.0. The number of nitrogens with zero attached hydrogens (tertiary/aromatic N) is 3. The minimum atomic E-state index is 0.909. The molecular weight excluding hydrogens is 198 g/mol. The van der Waals surface area contributed by atoms with Crippen LogP contribution in [0.1, 0.15) is 0 Å². The Bertz CT molecular complexity index is 640. The summed E-state index contributed by atoms with van der Waals surface area (Å²) in [5.41, 5.74) is 3.85. The van der Waals surface area contributed by atoms with Gasteiger partial charge in [-0.1, -0.05) is 12.1 Å². The lowest BCUT2D eigenvalue weighted by atomic mass is 10.2. The summed E-state index contributed by atoms with van der Waals surface area (Å²) in [5, 5.41) is 0. The molecule has 0 N–H and O–H groups in total. The van der Waals surface area contributed by atoms with Gasteiger partial charge in [-0.2, -0.15) is 0 Å². The van der Waals surface area contributed by atoms with Crippen LogP contribution in [0.5, 0.6) is 0 Å². The van der Waals surface area contributed by atoms with E-state index in [0.29, 0.717) is 0 Å². The molecule has 0 aliphatic carbocycles. The molecule has 0 atom stereocenters. The van der Waals surface area contributed by atoms with Gasteiger partial charge in [0.15, 0.2) is 0 Å². The first-order valence-corrected chi connectivity index (χ1v) is 5.18. The van der Waals surface area contributed by atoms with Crippen molar-refractivity contribution >= 4 is 11.0 Å². The quantitative estimate of drug-likeness (QED) is 0.616. The Morgan fingerprint density at radius 2 is 1.81 bits per heavy atom. The molecule has 0 aliphatic rings. The fourth-order valence-electron chi connectivity index (χ4n) is 1.81. The first kappa shape index (κ1) is 9.09. The molecule has 2 aromatic heterocycles. The first-order valence-electron chi connectivity index (χ1n) is 5.18. The summed E-state index contributed by atoms with van der Waals surface area (Å²) >= 11 is 0. The summed E-state index contributed by atoms with van der Waals surface area (Å²) in [5.74, 6) is 0. The van der Waals surface area contributed by atoms with E-state index in [9.17, 15) is 0 Å². The van der Waals surface area contributed by atoms with Crippen LogP contribution in [0.15, 0.2) is 48.8 Å². The van der Waals surface area contributed by atoms with Crippen LogP contribution >= 0.6 is 0 Å². The van der Waals surface area contributed by atoms with E-state index in [2.05, 4.69) is 9.97 Å². The van der Waals surface area contributed by atoms with Gasteiger partial charge in [0.1, 0.15) is 5.69 Å². The van der Waals surface area contributed by atoms with Crippen molar-refractivity contribution in [1.29, 1.82) is 0 Å². The van der Waals surface area contributed by atoms with Crippen molar-refractivity contribution in [2.75, 3.05) is 0 Å². The van der Waals surface area contributed by atoms with Gasteiger partial charge in [0.05, 0.1) is 22.9 Å². The van der Waals surface area contributed by atoms with Gasteiger partial charge >= 0.3 is 0 Å². The van der Waals surface area contributed by atoms with Crippen LogP contribution in [-0.4, -0.2) is 14.5 Å². The molecule has 16 heavy (non-hydrogen) atoms. The number of aromatic nitrogens is 3. The summed E-state index contributed by atoms with van der Waals surface area (Å²) in [7, 11) is 2.01. The molecule has 0 radical (unpaired) electrons. The standard InChI is InChI=1S/C13H11N3/c1-16-8-4-7-13(16)12-9-14-10-5-2-3-6-11(10)15-12/h2-9H,1H3. The average molecular weight is 209 g/mol. The lowest BCUT2D eigenvalue weighted by Crippen LogP contribution is -1.93. The van der Waals surface area contributed by atoms with Crippen molar-refractivity contribution in [3.63, 3.8) is 0 Å². The Balaban J connectivity index is 2.23. The molecule has 2 heterocycles. The van der Waals surface area contributed by atoms with E-state index < -0.39 is 0 Å². The minimum Gasteiger partial charge on any atom is -0.349 e. The van der Waals surface area contributed by atoms with Gasteiger partial charge in [-0.3, -0.25) is 4.98 Å². The maximum atomic E-state index is 4.60. The van der Waals surface area contributed by atoms with E-state index in [1.165, 1.54) is 0 Å². The molecule has 3 nitrogen and oxygen atoms in total. The zero-order valence-corrected chi connectivity index (χ0v) is 8.96. The van der Waals surface area contributed by atoms with Crippen LogP contribution in [0.4, 0.5) is 0 Å². The summed E-state index contributed by atoms with van der Waals surface area (Å²) in [6.45, 7) is 0. The van der Waals surface area contributed by atoms with E-state index >= 15 is 0 Å². The van der Waals surface area contributed by atoms with E-state index in [-0.39, 0.29) is 0 Å². The van der Waals surface area contributed by atoms with Crippen LogP contribution in [0.2, 0.25) is 0 Å². The highest BCUT2D eigenvalue weighted by molar-refractivity contribution is 5.76. The molecule has 0 fully saturated rings. The lowest BCUT2D eigenvalue weighted by molar-refractivity contribution is 0.930. The van der Waals surface area contributed by atoms with Crippen LogP contribution in [-0.2, 0) is 7.05 Å². The van der Waals surface area contributed by atoms with E-state index in [1.54, 1.807) is 0 Å². The molecule has 0 aliphatic heterocycles. The van der Waals surface area contributed by atoms with Crippen LogP contribution in [0.3, 0.4) is 0 Å². The number of hydrogen-bond donors (Lipinski definition) is 0. The van der Waals surface area contributed by atoms with E-state index in [1.807, 2.05) is 60.4 Å². The van der Waals surface area contributed by atoms with Gasteiger partial charge in [0, 0.05) is 13.2 Å². The Labute approximate surface area is 93.4 Å². The highest BCUT2D eigenvalue weighted by atomic mass is 15.0. The second kappa shape index (κ2) is 3.45. The fraction of sp³-hybridized carbons (Fsp3) is 0.0769.